The number of nitrogens with two attached hydrogens (primary N) is 1. The Morgan fingerprint density at radius 2 is 1.95 bits per heavy atom. The van der Waals surface area contributed by atoms with Crippen LogP contribution >= 0.6 is 15.9 Å². The molecule has 0 spiro atoms. The maximum Gasteiger partial charge on any atom is 0.154 e. The Hall–Kier alpha value is -1.40. The minimum absolute atomic E-state index is 0.167. The van der Waals surface area contributed by atoms with Crippen LogP contribution in [0.2, 0.25) is 0 Å². The van der Waals surface area contributed by atoms with Crippen molar-refractivity contribution in [2.24, 2.45) is 5.84 Å². The van der Waals surface area contributed by atoms with E-state index in [1.165, 1.54) is 5.56 Å². The quantitative estimate of drug-likeness (QED) is 0.450. The summed E-state index contributed by atoms with van der Waals surface area (Å²) in [6.07, 6.45) is 0. The standard InChI is InChI=1S/C17H22BrN3O/c1-13-10-15(18)8-9-17(13)22-12-21(19)11-16(20-2)14-6-4-3-5-7-14/h3-10,16,20H,11-12,19H2,1-2H3. The largest absolute Gasteiger partial charge is 0.477 e. The summed E-state index contributed by atoms with van der Waals surface area (Å²) in [6.45, 7) is 3.02. The zero-order valence-electron chi connectivity index (χ0n) is 12.9. The molecule has 0 saturated heterocycles. The van der Waals surface area contributed by atoms with Gasteiger partial charge in [-0.05, 0) is 43.3 Å². The summed E-state index contributed by atoms with van der Waals surface area (Å²) < 4.78 is 6.83. The Balaban J connectivity index is 1.90. The van der Waals surface area contributed by atoms with Crippen molar-refractivity contribution in [1.82, 2.24) is 10.3 Å². The molecule has 1 unspecified atom stereocenters. The topological polar surface area (TPSA) is 50.5 Å². The lowest BCUT2D eigenvalue weighted by molar-refractivity contribution is 0.116. The van der Waals surface area contributed by atoms with E-state index >= 15 is 0 Å². The summed E-state index contributed by atoms with van der Waals surface area (Å²) >= 11 is 3.45. The molecule has 1 atom stereocenters. The van der Waals surface area contributed by atoms with Gasteiger partial charge in [-0.3, -0.25) is 5.84 Å². The number of aryl methyl sites for hydroxylation is 1. The van der Waals surface area contributed by atoms with Gasteiger partial charge in [0.05, 0.1) is 0 Å². The number of halogens is 1. The Morgan fingerprint density at radius 3 is 2.59 bits per heavy atom. The van der Waals surface area contributed by atoms with E-state index in [1.807, 2.05) is 50.4 Å². The molecule has 0 fully saturated rings. The van der Waals surface area contributed by atoms with Gasteiger partial charge >= 0.3 is 0 Å². The normalized spacial score (nSPS) is 12.4. The summed E-state index contributed by atoms with van der Waals surface area (Å²) in [5.41, 5.74) is 2.29. The first kappa shape index (κ1) is 17.0. The Kier molecular flexibility index (Phi) is 6.39. The summed E-state index contributed by atoms with van der Waals surface area (Å²) in [7, 11) is 1.94. The van der Waals surface area contributed by atoms with E-state index in [1.54, 1.807) is 5.01 Å². The molecule has 0 saturated carbocycles. The first-order valence-corrected chi connectivity index (χ1v) is 8.00. The van der Waals surface area contributed by atoms with E-state index in [0.29, 0.717) is 13.3 Å². The molecule has 118 valence electrons. The van der Waals surface area contributed by atoms with E-state index in [0.717, 1.165) is 15.8 Å². The van der Waals surface area contributed by atoms with E-state index < -0.39 is 0 Å². The average Bonchev–Trinajstić information content (AvgIpc) is 2.52. The van der Waals surface area contributed by atoms with Crippen molar-refractivity contribution < 1.29 is 4.74 Å². The highest BCUT2D eigenvalue weighted by atomic mass is 79.9. The smallest absolute Gasteiger partial charge is 0.154 e. The fourth-order valence-electron chi connectivity index (χ4n) is 2.26. The van der Waals surface area contributed by atoms with Crippen molar-refractivity contribution in [3.63, 3.8) is 0 Å². The molecular formula is C17H22BrN3O. The second-order valence-corrected chi connectivity index (χ2v) is 6.12. The third-order valence-corrected chi connectivity index (χ3v) is 3.98. The van der Waals surface area contributed by atoms with E-state index in [9.17, 15) is 0 Å². The molecule has 0 radical (unpaired) electrons. The van der Waals surface area contributed by atoms with Crippen LogP contribution in [0.25, 0.3) is 0 Å². The average molecular weight is 364 g/mol. The minimum Gasteiger partial charge on any atom is -0.477 e. The molecule has 0 amide bonds. The molecule has 0 bridgehead atoms. The summed E-state index contributed by atoms with van der Waals surface area (Å²) in [6, 6.07) is 16.4. The minimum atomic E-state index is 0.167. The van der Waals surface area contributed by atoms with Crippen LogP contribution in [0.1, 0.15) is 17.2 Å². The molecule has 2 aromatic carbocycles. The molecular weight excluding hydrogens is 342 g/mol. The van der Waals surface area contributed by atoms with Crippen molar-refractivity contribution in [2.75, 3.05) is 20.3 Å². The molecule has 2 aromatic rings. The number of likely N-dealkylation sites (N-methyl/N-ethyl adjacent to an activating group) is 1. The number of benzene rings is 2. The van der Waals surface area contributed by atoms with Crippen LogP contribution in [0.4, 0.5) is 0 Å². The molecule has 3 N–H and O–H groups in total. The van der Waals surface area contributed by atoms with Crippen LogP contribution in [0.3, 0.4) is 0 Å². The number of hydrogen-bond acceptors (Lipinski definition) is 4. The summed E-state index contributed by atoms with van der Waals surface area (Å²) in [5.74, 6) is 6.92. The van der Waals surface area contributed by atoms with Gasteiger partial charge in [0.1, 0.15) is 5.75 Å². The maximum atomic E-state index is 6.07. The second kappa shape index (κ2) is 8.29. The Morgan fingerprint density at radius 1 is 1.23 bits per heavy atom. The SMILES string of the molecule is CNC(CN(N)COc1ccc(Br)cc1C)c1ccccc1. The van der Waals surface area contributed by atoms with Gasteiger partial charge in [0, 0.05) is 17.1 Å². The zero-order chi connectivity index (χ0) is 15.9. The van der Waals surface area contributed by atoms with Gasteiger partial charge in [-0.2, -0.15) is 0 Å². The lowest BCUT2D eigenvalue weighted by Crippen LogP contribution is -2.41. The van der Waals surface area contributed by atoms with Gasteiger partial charge in [-0.25, -0.2) is 5.01 Å². The van der Waals surface area contributed by atoms with Crippen LogP contribution in [-0.4, -0.2) is 25.3 Å². The lowest BCUT2D eigenvalue weighted by Gasteiger charge is -2.24. The van der Waals surface area contributed by atoms with Crippen molar-refractivity contribution in [1.29, 1.82) is 0 Å². The summed E-state index contributed by atoms with van der Waals surface area (Å²) in [5, 5.41) is 4.96. The predicted molar refractivity (Wildman–Crippen MR) is 93.5 cm³/mol. The van der Waals surface area contributed by atoms with Crippen molar-refractivity contribution in [3.05, 3.63) is 64.1 Å². The van der Waals surface area contributed by atoms with Gasteiger partial charge in [0.15, 0.2) is 6.73 Å². The third-order valence-electron chi connectivity index (χ3n) is 3.49. The molecule has 5 heteroatoms. The lowest BCUT2D eigenvalue weighted by atomic mass is 10.1. The van der Waals surface area contributed by atoms with Crippen LogP contribution in [-0.2, 0) is 0 Å². The number of hydrazine groups is 1. The van der Waals surface area contributed by atoms with E-state index in [-0.39, 0.29) is 6.04 Å². The van der Waals surface area contributed by atoms with E-state index in [2.05, 4.69) is 33.4 Å². The monoisotopic (exact) mass is 363 g/mol. The van der Waals surface area contributed by atoms with Crippen molar-refractivity contribution in [3.8, 4) is 5.75 Å². The first-order chi connectivity index (χ1) is 10.6. The fraction of sp³-hybridized carbons (Fsp3) is 0.294. The number of nitrogens with zero attached hydrogens (tertiary/aromatic N) is 1. The second-order valence-electron chi connectivity index (χ2n) is 5.21. The molecule has 0 aromatic heterocycles. The molecule has 0 heterocycles. The molecule has 0 aliphatic rings. The van der Waals surface area contributed by atoms with Crippen LogP contribution in [0, 0.1) is 6.92 Å². The van der Waals surface area contributed by atoms with Crippen molar-refractivity contribution >= 4 is 15.9 Å². The van der Waals surface area contributed by atoms with E-state index in [4.69, 9.17) is 10.6 Å². The highest BCUT2D eigenvalue weighted by Crippen LogP contribution is 2.22. The number of hydrogen-bond donors (Lipinski definition) is 2. The maximum absolute atomic E-state index is 6.07. The zero-order valence-corrected chi connectivity index (χ0v) is 14.5. The van der Waals surface area contributed by atoms with Crippen LogP contribution in [0.5, 0.6) is 5.75 Å². The predicted octanol–water partition coefficient (Wildman–Crippen LogP) is 3.23. The van der Waals surface area contributed by atoms with Crippen LogP contribution in [0.15, 0.2) is 53.0 Å². The van der Waals surface area contributed by atoms with Gasteiger partial charge in [-0.15, -0.1) is 0 Å². The highest BCUT2D eigenvalue weighted by molar-refractivity contribution is 9.10. The van der Waals surface area contributed by atoms with Gasteiger partial charge in [0.25, 0.3) is 0 Å². The molecule has 0 aliphatic carbocycles. The molecule has 4 nitrogen and oxygen atoms in total. The Bertz CT molecular complexity index is 592. The molecule has 22 heavy (non-hydrogen) atoms. The number of nitrogens with one attached hydrogen (secondary N) is 1. The fourth-order valence-corrected chi connectivity index (χ4v) is 2.74. The van der Waals surface area contributed by atoms with Gasteiger partial charge in [0.2, 0.25) is 0 Å². The molecule has 0 aliphatic heterocycles. The van der Waals surface area contributed by atoms with Gasteiger partial charge in [-0.1, -0.05) is 46.3 Å². The third kappa shape index (κ3) is 4.81. The first-order valence-electron chi connectivity index (χ1n) is 7.21. The van der Waals surface area contributed by atoms with Crippen LogP contribution < -0.4 is 15.9 Å². The number of rotatable bonds is 7. The summed E-state index contributed by atoms with van der Waals surface area (Å²) in [4.78, 5) is 0. The molecule has 2 rings (SSSR count). The van der Waals surface area contributed by atoms with Crippen molar-refractivity contribution in [2.45, 2.75) is 13.0 Å². The number of ether oxygens (including phenoxy) is 1. The van der Waals surface area contributed by atoms with Gasteiger partial charge < -0.3 is 10.1 Å². The Labute approximate surface area is 140 Å². The highest BCUT2D eigenvalue weighted by Gasteiger charge is 2.12.